The van der Waals surface area contributed by atoms with Gasteiger partial charge in [0.25, 0.3) is 0 Å². The lowest BCUT2D eigenvalue weighted by molar-refractivity contribution is -0.107. The Labute approximate surface area is 118 Å². The summed E-state index contributed by atoms with van der Waals surface area (Å²) in [4.78, 5) is 12.0. The van der Waals surface area contributed by atoms with Crippen molar-refractivity contribution in [1.29, 1.82) is 10.8 Å². The average molecular weight is 264 g/mol. The summed E-state index contributed by atoms with van der Waals surface area (Å²) in [7, 11) is 0. The SMILES string of the molecule is N=C(Cc1ccccc1)C(=O)C(=N)Cc1ccccc1. The molecule has 0 unspecified atom stereocenters. The lowest BCUT2D eigenvalue weighted by Crippen LogP contribution is -2.25. The highest BCUT2D eigenvalue weighted by Crippen LogP contribution is 2.04. The quantitative estimate of drug-likeness (QED) is 0.774. The minimum absolute atomic E-state index is 0.0304. The van der Waals surface area contributed by atoms with Gasteiger partial charge in [-0.15, -0.1) is 0 Å². The largest absolute Gasteiger partial charge is 0.301 e. The molecule has 0 amide bonds. The second kappa shape index (κ2) is 6.57. The van der Waals surface area contributed by atoms with E-state index in [1.807, 2.05) is 60.7 Å². The Balaban J connectivity index is 1.97. The van der Waals surface area contributed by atoms with Crippen LogP contribution < -0.4 is 0 Å². The molecule has 0 aliphatic carbocycles. The van der Waals surface area contributed by atoms with Gasteiger partial charge in [0, 0.05) is 12.8 Å². The zero-order chi connectivity index (χ0) is 14.4. The van der Waals surface area contributed by atoms with E-state index in [9.17, 15) is 4.79 Å². The summed E-state index contributed by atoms with van der Waals surface area (Å²) in [6.45, 7) is 0. The van der Waals surface area contributed by atoms with Crippen molar-refractivity contribution in [3.63, 3.8) is 0 Å². The van der Waals surface area contributed by atoms with E-state index >= 15 is 0 Å². The highest BCUT2D eigenvalue weighted by Gasteiger charge is 2.16. The maximum Gasteiger partial charge on any atom is 0.220 e. The number of nitrogens with one attached hydrogen (secondary N) is 2. The van der Waals surface area contributed by atoms with Gasteiger partial charge in [-0.3, -0.25) is 4.79 Å². The third kappa shape index (κ3) is 3.72. The van der Waals surface area contributed by atoms with Gasteiger partial charge in [0.2, 0.25) is 5.78 Å². The molecule has 0 saturated carbocycles. The third-order valence-corrected chi connectivity index (χ3v) is 3.00. The van der Waals surface area contributed by atoms with Crippen LogP contribution in [0.4, 0.5) is 0 Å². The van der Waals surface area contributed by atoms with Crippen LogP contribution in [-0.2, 0) is 17.6 Å². The van der Waals surface area contributed by atoms with E-state index in [1.165, 1.54) is 0 Å². The Morgan fingerprint density at radius 1 is 0.700 bits per heavy atom. The Bertz CT molecular complexity index is 562. The van der Waals surface area contributed by atoms with Crippen LogP contribution in [0.2, 0.25) is 0 Å². The van der Waals surface area contributed by atoms with Crippen LogP contribution in [0.15, 0.2) is 60.7 Å². The number of Topliss-reactive ketones (excluding diaryl/α,β-unsaturated/α-hetero) is 1. The van der Waals surface area contributed by atoms with Crippen molar-refractivity contribution in [3.05, 3.63) is 71.8 Å². The van der Waals surface area contributed by atoms with Crippen molar-refractivity contribution in [2.75, 3.05) is 0 Å². The third-order valence-electron chi connectivity index (χ3n) is 3.00. The Morgan fingerprint density at radius 3 is 1.40 bits per heavy atom. The molecular formula is C17H16N2O. The minimum atomic E-state index is -0.474. The molecule has 0 spiro atoms. The van der Waals surface area contributed by atoms with Gasteiger partial charge < -0.3 is 10.8 Å². The van der Waals surface area contributed by atoms with Crippen LogP contribution in [-0.4, -0.2) is 17.2 Å². The summed E-state index contributed by atoms with van der Waals surface area (Å²) >= 11 is 0. The predicted molar refractivity (Wildman–Crippen MR) is 80.8 cm³/mol. The summed E-state index contributed by atoms with van der Waals surface area (Å²) in [5.74, 6) is -0.474. The van der Waals surface area contributed by atoms with E-state index in [2.05, 4.69) is 0 Å². The molecule has 0 radical (unpaired) electrons. The molecule has 0 bridgehead atoms. The standard InChI is InChI=1S/C17H16N2O/c18-15(11-13-7-3-1-4-8-13)17(20)16(19)12-14-9-5-2-6-10-14/h1-10,18-19H,11-12H2. The normalized spacial score (nSPS) is 10.0. The fourth-order valence-electron chi connectivity index (χ4n) is 1.94. The number of carbonyl (C=O) groups excluding carboxylic acids is 1. The van der Waals surface area contributed by atoms with Crippen LogP contribution in [0, 0.1) is 10.8 Å². The average Bonchev–Trinajstić information content (AvgIpc) is 2.48. The zero-order valence-electron chi connectivity index (χ0n) is 11.1. The van der Waals surface area contributed by atoms with Gasteiger partial charge >= 0.3 is 0 Å². The molecule has 2 rings (SSSR count). The molecule has 0 atom stereocenters. The highest BCUT2D eigenvalue weighted by molar-refractivity contribution is 6.65. The lowest BCUT2D eigenvalue weighted by atomic mass is 9.99. The predicted octanol–water partition coefficient (Wildman–Crippen LogP) is 3.08. The first kappa shape index (κ1) is 13.9. The Kier molecular flexibility index (Phi) is 4.56. The van der Waals surface area contributed by atoms with Crippen molar-refractivity contribution in [2.24, 2.45) is 0 Å². The van der Waals surface area contributed by atoms with Gasteiger partial charge in [-0.1, -0.05) is 60.7 Å². The Hall–Kier alpha value is -2.55. The fourth-order valence-corrected chi connectivity index (χ4v) is 1.94. The number of ketones is 1. The van der Waals surface area contributed by atoms with E-state index in [-0.39, 0.29) is 24.3 Å². The molecule has 0 aliphatic rings. The van der Waals surface area contributed by atoms with Crippen molar-refractivity contribution in [3.8, 4) is 0 Å². The molecule has 2 N–H and O–H groups in total. The van der Waals surface area contributed by atoms with E-state index in [0.717, 1.165) is 11.1 Å². The maximum atomic E-state index is 12.0. The number of rotatable bonds is 6. The van der Waals surface area contributed by atoms with Gasteiger partial charge in [0.15, 0.2) is 0 Å². The van der Waals surface area contributed by atoms with E-state index in [4.69, 9.17) is 10.8 Å². The minimum Gasteiger partial charge on any atom is -0.301 e. The molecule has 3 heteroatoms. The molecule has 20 heavy (non-hydrogen) atoms. The first-order valence-corrected chi connectivity index (χ1v) is 6.44. The van der Waals surface area contributed by atoms with Crippen molar-refractivity contribution >= 4 is 17.2 Å². The molecule has 0 saturated heterocycles. The van der Waals surface area contributed by atoms with Crippen LogP contribution in [0.25, 0.3) is 0 Å². The van der Waals surface area contributed by atoms with E-state index < -0.39 is 5.78 Å². The van der Waals surface area contributed by atoms with Crippen molar-refractivity contribution in [2.45, 2.75) is 12.8 Å². The van der Waals surface area contributed by atoms with Crippen LogP contribution in [0.1, 0.15) is 11.1 Å². The van der Waals surface area contributed by atoms with Gasteiger partial charge in [-0.2, -0.15) is 0 Å². The van der Waals surface area contributed by atoms with Crippen LogP contribution >= 0.6 is 0 Å². The summed E-state index contributed by atoms with van der Waals surface area (Å²) in [5.41, 5.74) is 1.77. The highest BCUT2D eigenvalue weighted by atomic mass is 16.1. The van der Waals surface area contributed by atoms with E-state index in [0.29, 0.717) is 0 Å². The van der Waals surface area contributed by atoms with Gasteiger partial charge in [0.05, 0.1) is 11.4 Å². The van der Waals surface area contributed by atoms with Crippen LogP contribution in [0.5, 0.6) is 0 Å². The summed E-state index contributed by atoms with van der Waals surface area (Å²) < 4.78 is 0. The maximum absolute atomic E-state index is 12.0. The first-order valence-electron chi connectivity index (χ1n) is 6.44. The first-order chi connectivity index (χ1) is 9.66. The monoisotopic (exact) mass is 264 g/mol. The molecule has 3 nitrogen and oxygen atoms in total. The molecule has 0 aromatic heterocycles. The van der Waals surface area contributed by atoms with Crippen molar-refractivity contribution < 1.29 is 4.79 Å². The molecule has 2 aromatic rings. The smallest absolute Gasteiger partial charge is 0.220 e. The van der Waals surface area contributed by atoms with Crippen molar-refractivity contribution in [1.82, 2.24) is 0 Å². The molecular weight excluding hydrogens is 248 g/mol. The lowest BCUT2D eigenvalue weighted by Gasteiger charge is -2.05. The molecule has 0 fully saturated rings. The molecule has 2 aromatic carbocycles. The van der Waals surface area contributed by atoms with Gasteiger partial charge in [0.1, 0.15) is 0 Å². The second-order valence-corrected chi connectivity index (χ2v) is 4.61. The molecule has 100 valence electrons. The van der Waals surface area contributed by atoms with Crippen LogP contribution in [0.3, 0.4) is 0 Å². The van der Waals surface area contributed by atoms with Gasteiger partial charge in [-0.25, -0.2) is 0 Å². The molecule has 0 aliphatic heterocycles. The number of hydrogen-bond donors (Lipinski definition) is 2. The Morgan fingerprint density at radius 2 is 1.05 bits per heavy atom. The summed E-state index contributed by atoms with van der Waals surface area (Å²) in [6.07, 6.45) is 0.549. The molecule has 0 heterocycles. The second-order valence-electron chi connectivity index (χ2n) is 4.61. The summed E-state index contributed by atoms with van der Waals surface area (Å²) in [6, 6.07) is 18.8. The fraction of sp³-hybridized carbons (Fsp3) is 0.118. The van der Waals surface area contributed by atoms with E-state index in [1.54, 1.807) is 0 Å². The number of benzene rings is 2. The topological polar surface area (TPSA) is 64.8 Å². The summed E-state index contributed by atoms with van der Waals surface area (Å²) in [5, 5.41) is 15.7. The number of carbonyl (C=O) groups is 1. The number of hydrogen-bond acceptors (Lipinski definition) is 3. The zero-order valence-corrected chi connectivity index (χ0v) is 11.1. The van der Waals surface area contributed by atoms with Gasteiger partial charge in [-0.05, 0) is 11.1 Å².